The average Bonchev–Trinajstić information content (AvgIpc) is 2.46. The first-order valence-electron chi connectivity index (χ1n) is 6.02. The Bertz CT molecular complexity index is 757. The molecule has 3 rings (SSSR count). The topological polar surface area (TPSA) is 17.1 Å². The van der Waals surface area contributed by atoms with Gasteiger partial charge in [-0.3, -0.25) is 4.79 Å². The van der Waals surface area contributed by atoms with E-state index in [1.54, 1.807) is 6.07 Å². The number of aldehydes is 1. The van der Waals surface area contributed by atoms with E-state index in [1.807, 2.05) is 42.5 Å². The van der Waals surface area contributed by atoms with E-state index < -0.39 is 5.82 Å². The molecule has 0 radical (unpaired) electrons. The normalized spacial score (nSPS) is 10.6. The van der Waals surface area contributed by atoms with Crippen LogP contribution in [0.3, 0.4) is 0 Å². The molecule has 3 aromatic carbocycles. The third-order valence-electron chi connectivity index (χ3n) is 3.23. The molecule has 0 bridgehead atoms. The molecule has 3 aromatic rings. The lowest BCUT2D eigenvalue weighted by atomic mass is 9.97. The SMILES string of the molecule is O=Cc1ccc(-c2cccc3ccccc23)cc1F. The van der Waals surface area contributed by atoms with Gasteiger partial charge < -0.3 is 0 Å². The zero-order chi connectivity index (χ0) is 13.2. The summed E-state index contributed by atoms with van der Waals surface area (Å²) in [7, 11) is 0. The van der Waals surface area contributed by atoms with Crippen LogP contribution in [0, 0.1) is 5.82 Å². The fourth-order valence-corrected chi connectivity index (χ4v) is 2.27. The molecule has 0 atom stereocenters. The van der Waals surface area contributed by atoms with Crippen molar-refractivity contribution in [1.82, 2.24) is 0 Å². The van der Waals surface area contributed by atoms with Crippen molar-refractivity contribution in [3.05, 3.63) is 72.0 Å². The summed E-state index contributed by atoms with van der Waals surface area (Å²) in [5, 5.41) is 2.18. The molecule has 0 heterocycles. The third-order valence-corrected chi connectivity index (χ3v) is 3.23. The number of benzene rings is 3. The summed E-state index contributed by atoms with van der Waals surface area (Å²) in [5.74, 6) is -0.486. The Morgan fingerprint density at radius 3 is 2.47 bits per heavy atom. The molecule has 1 nitrogen and oxygen atoms in total. The van der Waals surface area contributed by atoms with Crippen molar-refractivity contribution in [2.75, 3.05) is 0 Å². The van der Waals surface area contributed by atoms with Crippen LogP contribution >= 0.6 is 0 Å². The average molecular weight is 250 g/mol. The molecule has 0 amide bonds. The first-order chi connectivity index (χ1) is 9.29. The largest absolute Gasteiger partial charge is 0.298 e. The Balaban J connectivity index is 2.24. The lowest BCUT2D eigenvalue weighted by Crippen LogP contribution is -1.89. The number of carbonyl (C=O) groups is 1. The van der Waals surface area contributed by atoms with Crippen LogP contribution in [0.4, 0.5) is 4.39 Å². The van der Waals surface area contributed by atoms with Crippen molar-refractivity contribution in [2.45, 2.75) is 0 Å². The molecule has 0 aromatic heterocycles. The lowest BCUT2D eigenvalue weighted by molar-refractivity contribution is 0.112. The summed E-state index contributed by atoms with van der Waals surface area (Å²) >= 11 is 0. The molecule has 0 aliphatic rings. The Kier molecular flexibility index (Phi) is 2.84. The number of rotatable bonds is 2. The van der Waals surface area contributed by atoms with Crippen molar-refractivity contribution in [1.29, 1.82) is 0 Å². The van der Waals surface area contributed by atoms with Gasteiger partial charge in [0.25, 0.3) is 0 Å². The molecule has 0 saturated carbocycles. The molecule has 0 aliphatic carbocycles. The molecule has 2 heteroatoms. The highest BCUT2D eigenvalue weighted by Crippen LogP contribution is 2.29. The Morgan fingerprint density at radius 1 is 0.895 bits per heavy atom. The Labute approximate surface area is 110 Å². The number of fused-ring (bicyclic) bond motifs is 1. The van der Waals surface area contributed by atoms with E-state index in [0.717, 1.165) is 21.9 Å². The monoisotopic (exact) mass is 250 g/mol. The molecule has 0 N–H and O–H groups in total. The molecule has 0 spiro atoms. The predicted molar refractivity (Wildman–Crippen MR) is 74.7 cm³/mol. The zero-order valence-electron chi connectivity index (χ0n) is 10.1. The standard InChI is InChI=1S/C17H11FO/c18-17-10-13(8-9-14(17)11-19)16-7-3-5-12-4-1-2-6-15(12)16/h1-11H. The summed E-state index contributed by atoms with van der Waals surface area (Å²) in [6.07, 6.45) is 0.530. The number of hydrogen-bond donors (Lipinski definition) is 0. The third kappa shape index (κ3) is 2.02. The van der Waals surface area contributed by atoms with Crippen molar-refractivity contribution < 1.29 is 9.18 Å². The van der Waals surface area contributed by atoms with E-state index in [4.69, 9.17) is 0 Å². The summed E-state index contributed by atoms with van der Waals surface area (Å²) in [5.41, 5.74) is 1.83. The van der Waals surface area contributed by atoms with Gasteiger partial charge in [-0.05, 0) is 34.0 Å². The van der Waals surface area contributed by atoms with E-state index in [0.29, 0.717) is 6.29 Å². The second kappa shape index (κ2) is 4.65. The quantitative estimate of drug-likeness (QED) is 0.614. The number of halogens is 1. The summed E-state index contributed by atoms with van der Waals surface area (Å²) in [6.45, 7) is 0. The summed E-state index contributed by atoms with van der Waals surface area (Å²) in [6, 6.07) is 18.6. The minimum Gasteiger partial charge on any atom is -0.298 e. The zero-order valence-corrected chi connectivity index (χ0v) is 10.1. The van der Waals surface area contributed by atoms with E-state index in [1.165, 1.54) is 12.1 Å². The molecule has 92 valence electrons. The van der Waals surface area contributed by atoms with Crippen LogP contribution in [0.5, 0.6) is 0 Å². The van der Waals surface area contributed by atoms with Crippen LogP contribution in [-0.4, -0.2) is 6.29 Å². The maximum absolute atomic E-state index is 13.7. The van der Waals surface area contributed by atoms with Gasteiger partial charge in [0.1, 0.15) is 5.82 Å². The maximum atomic E-state index is 13.7. The number of carbonyl (C=O) groups excluding carboxylic acids is 1. The molecular weight excluding hydrogens is 239 g/mol. The van der Waals surface area contributed by atoms with Crippen LogP contribution in [0.2, 0.25) is 0 Å². The Hall–Kier alpha value is -2.48. The highest BCUT2D eigenvalue weighted by Gasteiger charge is 2.07. The van der Waals surface area contributed by atoms with Crippen LogP contribution in [-0.2, 0) is 0 Å². The van der Waals surface area contributed by atoms with Crippen molar-refractivity contribution >= 4 is 17.1 Å². The van der Waals surface area contributed by atoms with E-state index in [-0.39, 0.29) is 5.56 Å². The molecule has 0 saturated heterocycles. The van der Waals surface area contributed by atoms with Gasteiger partial charge in [-0.2, -0.15) is 0 Å². The minimum atomic E-state index is -0.486. The van der Waals surface area contributed by atoms with Gasteiger partial charge >= 0.3 is 0 Å². The molecule has 0 aliphatic heterocycles. The number of hydrogen-bond acceptors (Lipinski definition) is 1. The van der Waals surface area contributed by atoms with Gasteiger partial charge in [0.2, 0.25) is 0 Å². The highest BCUT2D eigenvalue weighted by atomic mass is 19.1. The van der Waals surface area contributed by atoms with E-state index in [9.17, 15) is 9.18 Å². The van der Waals surface area contributed by atoms with Gasteiger partial charge in [0, 0.05) is 0 Å². The van der Waals surface area contributed by atoms with E-state index in [2.05, 4.69) is 0 Å². The first kappa shape index (κ1) is 11.6. The molecule has 19 heavy (non-hydrogen) atoms. The van der Waals surface area contributed by atoms with Gasteiger partial charge in [-0.1, -0.05) is 48.5 Å². The Morgan fingerprint density at radius 2 is 1.68 bits per heavy atom. The van der Waals surface area contributed by atoms with E-state index >= 15 is 0 Å². The predicted octanol–water partition coefficient (Wildman–Crippen LogP) is 4.46. The van der Waals surface area contributed by atoms with Gasteiger partial charge in [-0.25, -0.2) is 4.39 Å². The summed E-state index contributed by atoms with van der Waals surface area (Å²) < 4.78 is 13.7. The molecular formula is C17H11FO. The van der Waals surface area contributed by atoms with Crippen molar-refractivity contribution in [2.24, 2.45) is 0 Å². The first-order valence-corrected chi connectivity index (χ1v) is 6.02. The minimum absolute atomic E-state index is 0.0870. The molecule has 0 unspecified atom stereocenters. The smallest absolute Gasteiger partial charge is 0.152 e. The highest BCUT2D eigenvalue weighted by molar-refractivity contribution is 5.96. The van der Waals surface area contributed by atoms with Crippen molar-refractivity contribution in [3.8, 4) is 11.1 Å². The van der Waals surface area contributed by atoms with Gasteiger partial charge in [0.15, 0.2) is 6.29 Å². The van der Waals surface area contributed by atoms with Crippen molar-refractivity contribution in [3.63, 3.8) is 0 Å². The van der Waals surface area contributed by atoms with Crippen LogP contribution in [0.1, 0.15) is 10.4 Å². The second-order valence-electron chi connectivity index (χ2n) is 4.38. The van der Waals surface area contributed by atoms with Crippen LogP contribution in [0.15, 0.2) is 60.7 Å². The van der Waals surface area contributed by atoms with Gasteiger partial charge in [-0.15, -0.1) is 0 Å². The van der Waals surface area contributed by atoms with Crippen LogP contribution < -0.4 is 0 Å². The second-order valence-corrected chi connectivity index (χ2v) is 4.38. The lowest BCUT2D eigenvalue weighted by Gasteiger charge is -2.07. The fourth-order valence-electron chi connectivity index (χ4n) is 2.27. The fraction of sp³-hybridized carbons (Fsp3) is 0. The van der Waals surface area contributed by atoms with Crippen LogP contribution in [0.25, 0.3) is 21.9 Å². The summed E-state index contributed by atoms with van der Waals surface area (Å²) in [4.78, 5) is 10.6. The maximum Gasteiger partial charge on any atom is 0.152 e. The molecule has 0 fully saturated rings. The van der Waals surface area contributed by atoms with Gasteiger partial charge in [0.05, 0.1) is 5.56 Å².